The third-order valence-corrected chi connectivity index (χ3v) is 10.5. The Labute approximate surface area is 302 Å². The maximum absolute atomic E-state index is 5.09. The van der Waals surface area contributed by atoms with Crippen molar-refractivity contribution in [2.75, 3.05) is 0 Å². The summed E-state index contributed by atoms with van der Waals surface area (Å²) in [6, 6.07) is 59.6. The van der Waals surface area contributed by atoms with Crippen LogP contribution in [-0.2, 0) is 0 Å². The summed E-state index contributed by atoms with van der Waals surface area (Å²) in [5.74, 6) is 0. The fourth-order valence-electron chi connectivity index (χ4n) is 8.12. The molecule has 10 aromatic rings. The molecule has 0 aliphatic carbocycles. The van der Waals surface area contributed by atoms with Crippen molar-refractivity contribution < 1.29 is 0 Å². The van der Waals surface area contributed by atoms with Gasteiger partial charge in [0.2, 0.25) is 0 Å². The van der Waals surface area contributed by atoms with Gasteiger partial charge < -0.3 is 0 Å². The number of allylic oxidation sites excluding steroid dienone is 3. The van der Waals surface area contributed by atoms with Crippen LogP contribution in [-0.4, -0.2) is 9.38 Å². The number of imidazole rings is 1. The molecule has 0 unspecified atom stereocenters. The number of hydrogen-bond acceptors (Lipinski definition) is 1. The van der Waals surface area contributed by atoms with Crippen molar-refractivity contribution in [3.05, 3.63) is 188 Å². The molecule has 244 valence electrons. The van der Waals surface area contributed by atoms with Crippen molar-refractivity contribution in [2.24, 2.45) is 0 Å². The van der Waals surface area contributed by atoms with E-state index in [4.69, 9.17) is 4.98 Å². The van der Waals surface area contributed by atoms with E-state index in [1.807, 2.05) is 0 Å². The SMILES string of the molecule is C/C=C\C=C/c1cc(-c2cccc3ccccc23)c2ccccc2c1-c1ccc(-c2ccc3c4ccccc4c4nc5ccccc5n4c3c2)cc1. The summed E-state index contributed by atoms with van der Waals surface area (Å²) in [5.41, 5.74) is 12.8. The largest absolute Gasteiger partial charge is 0.292 e. The van der Waals surface area contributed by atoms with E-state index in [0.29, 0.717) is 0 Å². The van der Waals surface area contributed by atoms with Crippen molar-refractivity contribution in [3.8, 4) is 33.4 Å². The molecule has 0 aliphatic heterocycles. The first-order chi connectivity index (χ1) is 25.8. The highest BCUT2D eigenvalue weighted by molar-refractivity contribution is 6.15. The molecule has 0 radical (unpaired) electrons. The van der Waals surface area contributed by atoms with Crippen LogP contribution < -0.4 is 0 Å². The van der Waals surface area contributed by atoms with Gasteiger partial charge in [0, 0.05) is 10.8 Å². The molecule has 0 saturated heterocycles. The maximum Gasteiger partial charge on any atom is 0.146 e. The highest BCUT2D eigenvalue weighted by Gasteiger charge is 2.17. The minimum absolute atomic E-state index is 0.995. The van der Waals surface area contributed by atoms with E-state index in [9.17, 15) is 0 Å². The molecule has 0 saturated carbocycles. The minimum atomic E-state index is 0.995. The molecule has 0 N–H and O–H groups in total. The Bertz CT molecular complexity index is 3060. The van der Waals surface area contributed by atoms with Crippen LogP contribution in [0.2, 0.25) is 0 Å². The first-order valence-corrected chi connectivity index (χ1v) is 17.9. The number of benzene rings is 8. The third kappa shape index (κ3) is 4.76. The Morgan fingerprint density at radius 2 is 1.13 bits per heavy atom. The van der Waals surface area contributed by atoms with Crippen molar-refractivity contribution >= 4 is 66.0 Å². The van der Waals surface area contributed by atoms with Gasteiger partial charge in [0.15, 0.2) is 0 Å². The normalized spacial score (nSPS) is 12.2. The number of nitrogens with zero attached hydrogens (tertiary/aromatic N) is 2. The summed E-state index contributed by atoms with van der Waals surface area (Å²) in [5, 5.41) is 8.62. The molecule has 2 nitrogen and oxygen atoms in total. The zero-order chi connectivity index (χ0) is 34.6. The lowest BCUT2D eigenvalue weighted by Gasteiger charge is -2.17. The van der Waals surface area contributed by atoms with E-state index < -0.39 is 0 Å². The van der Waals surface area contributed by atoms with Gasteiger partial charge in [-0.05, 0) is 97.1 Å². The summed E-state index contributed by atoms with van der Waals surface area (Å²) < 4.78 is 2.33. The van der Waals surface area contributed by atoms with E-state index in [0.717, 1.165) is 22.2 Å². The molecule has 52 heavy (non-hydrogen) atoms. The highest BCUT2D eigenvalue weighted by Crippen LogP contribution is 2.42. The van der Waals surface area contributed by atoms with Crippen LogP contribution >= 0.6 is 0 Å². The molecular weight excluding hydrogens is 629 g/mol. The molecule has 2 heteroatoms. The number of pyridine rings is 1. The predicted octanol–water partition coefficient (Wildman–Crippen LogP) is 13.7. The predicted molar refractivity (Wildman–Crippen MR) is 223 cm³/mol. The van der Waals surface area contributed by atoms with Crippen LogP contribution in [0.1, 0.15) is 12.5 Å². The monoisotopic (exact) mass is 662 g/mol. The van der Waals surface area contributed by atoms with Crippen LogP contribution in [0.4, 0.5) is 0 Å². The fraction of sp³-hybridized carbons (Fsp3) is 0.0200. The Hall–Kier alpha value is -6.77. The summed E-state index contributed by atoms with van der Waals surface area (Å²) >= 11 is 0. The lowest BCUT2D eigenvalue weighted by atomic mass is 9.86. The van der Waals surface area contributed by atoms with Crippen molar-refractivity contribution in [1.29, 1.82) is 0 Å². The topological polar surface area (TPSA) is 17.3 Å². The van der Waals surface area contributed by atoms with E-state index in [1.54, 1.807) is 0 Å². The molecule has 0 fully saturated rings. The van der Waals surface area contributed by atoms with Crippen LogP contribution in [0.15, 0.2) is 182 Å². The van der Waals surface area contributed by atoms with Gasteiger partial charge in [0.05, 0.1) is 16.6 Å². The fourth-order valence-corrected chi connectivity index (χ4v) is 8.12. The summed E-state index contributed by atoms with van der Waals surface area (Å²) in [6.07, 6.45) is 8.57. The molecule has 0 spiro atoms. The van der Waals surface area contributed by atoms with Crippen molar-refractivity contribution in [2.45, 2.75) is 6.92 Å². The van der Waals surface area contributed by atoms with E-state index in [1.165, 1.54) is 76.6 Å². The second-order valence-electron chi connectivity index (χ2n) is 13.5. The number of rotatable bonds is 5. The first kappa shape index (κ1) is 30.1. The van der Waals surface area contributed by atoms with Crippen LogP contribution in [0.5, 0.6) is 0 Å². The van der Waals surface area contributed by atoms with Gasteiger partial charge in [0.25, 0.3) is 0 Å². The molecule has 2 heterocycles. The number of para-hydroxylation sites is 2. The Balaban J connectivity index is 1.15. The molecule has 0 amide bonds. The van der Waals surface area contributed by atoms with Crippen molar-refractivity contribution in [1.82, 2.24) is 9.38 Å². The van der Waals surface area contributed by atoms with Gasteiger partial charge in [-0.3, -0.25) is 4.40 Å². The molecule has 0 bridgehead atoms. The lowest BCUT2D eigenvalue weighted by molar-refractivity contribution is 1.31. The molecule has 0 aliphatic rings. The Morgan fingerprint density at radius 1 is 0.462 bits per heavy atom. The summed E-state index contributed by atoms with van der Waals surface area (Å²) in [4.78, 5) is 5.09. The first-order valence-electron chi connectivity index (χ1n) is 17.9. The smallest absolute Gasteiger partial charge is 0.146 e. The number of fused-ring (bicyclic) bond motifs is 10. The standard InChI is InChI=1S/C50H34N2/c1-2-3-4-15-37-31-45(39-22-13-16-34-14-5-6-17-38(34)39)41-19-7-9-20-43(41)49(37)35-27-25-33(26-28-35)36-29-30-42-40-18-8-10-21-44(40)50-51-46-23-11-12-24-47(46)52(50)48(42)32-36/h2-32H,1H3/b3-2-,15-4-. The summed E-state index contributed by atoms with van der Waals surface area (Å²) in [7, 11) is 0. The zero-order valence-electron chi connectivity index (χ0n) is 28.8. The van der Waals surface area contributed by atoms with Gasteiger partial charge in [-0.2, -0.15) is 0 Å². The van der Waals surface area contributed by atoms with Gasteiger partial charge in [-0.1, -0.05) is 164 Å². The maximum atomic E-state index is 5.09. The van der Waals surface area contributed by atoms with Gasteiger partial charge >= 0.3 is 0 Å². The van der Waals surface area contributed by atoms with Gasteiger partial charge in [-0.25, -0.2) is 4.98 Å². The number of hydrogen-bond donors (Lipinski definition) is 0. The average molecular weight is 663 g/mol. The quantitative estimate of drug-likeness (QED) is 0.132. The van der Waals surface area contributed by atoms with E-state index in [2.05, 4.69) is 199 Å². The summed E-state index contributed by atoms with van der Waals surface area (Å²) in [6.45, 7) is 2.06. The van der Waals surface area contributed by atoms with Gasteiger partial charge in [0.1, 0.15) is 5.65 Å². The Morgan fingerprint density at radius 3 is 1.98 bits per heavy atom. The second-order valence-corrected chi connectivity index (χ2v) is 13.5. The average Bonchev–Trinajstić information content (AvgIpc) is 3.61. The van der Waals surface area contributed by atoms with Crippen molar-refractivity contribution in [3.63, 3.8) is 0 Å². The number of aromatic nitrogens is 2. The van der Waals surface area contributed by atoms with Crippen LogP contribution in [0, 0.1) is 0 Å². The molecule has 0 atom stereocenters. The molecule has 8 aromatic carbocycles. The Kier molecular flexibility index (Phi) is 7.07. The lowest BCUT2D eigenvalue weighted by Crippen LogP contribution is -1.93. The molecular formula is C50H34N2. The van der Waals surface area contributed by atoms with E-state index >= 15 is 0 Å². The van der Waals surface area contributed by atoms with Gasteiger partial charge in [-0.15, -0.1) is 0 Å². The second kappa shape index (κ2) is 12.2. The van der Waals surface area contributed by atoms with Crippen LogP contribution in [0.25, 0.3) is 99.4 Å². The molecule has 10 rings (SSSR count). The van der Waals surface area contributed by atoms with E-state index in [-0.39, 0.29) is 0 Å². The van der Waals surface area contributed by atoms with Crippen LogP contribution in [0.3, 0.4) is 0 Å². The minimum Gasteiger partial charge on any atom is -0.292 e. The molecule has 2 aromatic heterocycles. The zero-order valence-corrected chi connectivity index (χ0v) is 28.8. The third-order valence-electron chi connectivity index (χ3n) is 10.5. The highest BCUT2D eigenvalue weighted by atomic mass is 15.0.